The molecule has 2 aliphatic carbocycles. The second-order valence-corrected chi connectivity index (χ2v) is 10.1. The summed E-state index contributed by atoms with van der Waals surface area (Å²) >= 11 is 6.04. The molecule has 4 rings (SSSR count). The van der Waals surface area contributed by atoms with Gasteiger partial charge < -0.3 is 4.90 Å². The van der Waals surface area contributed by atoms with Crippen LogP contribution in [-0.2, 0) is 11.2 Å². The molecule has 0 spiro atoms. The summed E-state index contributed by atoms with van der Waals surface area (Å²) in [5.74, 6) is -0.608. The van der Waals surface area contributed by atoms with E-state index in [4.69, 9.17) is 11.6 Å². The fourth-order valence-corrected chi connectivity index (χ4v) is 4.96. The molecule has 0 bridgehead atoms. The van der Waals surface area contributed by atoms with Crippen molar-refractivity contribution in [3.05, 3.63) is 62.5 Å². The van der Waals surface area contributed by atoms with Gasteiger partial charge in [-0.15, -0.1) is 0 Å². The highest BCUT2D eigenvalue weighted by Gasteiger charge is 2.36. The SMILES string of the molecule is CN(C(=O)c1cc2c(n(-c3ccc(Cl)cc3)c1=O)CC(C)(C)CC2=O)C1CCCCC1=O. The number of nitrogens with zero attached hydrogens (tertiary/aromatic N) is 2. The number of carbonyl (C=O) groups is 3. The van der Waals surface area contributed by atoms with Gasteiger partial charge in [-0.3, -0.25) is 23.7 Å². The lowest BCUT2D eigenvalue weighted by atomic mass is 9.75. The number of hydrogen-bond acceptors (Lipinski definition) is 4. The smallest absolute Gasteiger partial charge is 0.268 e. The van der Waals surface area contributed by atoms with Crippen LogP contribution in [-0.4, -0.2) is 40.0 Å². The van der Waals surface area contributed by atoms with Gasteiger partial charge in [0.25, 0.3) is 11.5 Å². The number of pyridine rings is 1. The van der Waals surface area contributed by atoms with Gasteiger partial charge in [-0.2, -0.15) is 0 Å². The first-order chi connectivity index (χ1) is 15.1. The number of rotatable bonds is 3. The van der Waals surface area contributed by atoms with E-state index in [1.165, 1.54) is 15.5 Å². The Labute approximate surface area is 192 Å². The van der Waals surface area contributed by atoms with Crippen LogP contribution >= 0.6 is 11.6 Å². The third-order valence-corrected chi connectivity index (χ3v) is 6.77. The van der Waals surface area contributed by atoms with Crippen LogP contribution in [0.2, 0.25) is 5.02 Å². The molecule has 32 heavy (non-hydrogen) atoms. The highest BCUT2D eigenvalue weighted by Crippen LogP contribution is 2.35. The molecule has 1 unspecified atom stereocenters. The maximum atomic E-state index is 13.6. The van der Waals surface area contributed by atoms with Crippen molar-refractivity contribution in [2.24, 2.45) is 5.41 Å². The lowest BCUT2D eigenvalue weighted by Gasteiger charge is -2.33. The average molecular weight is 455 g/mol. The molecular formula is C25H27ClN2O4. The quantitative estimate of drug-likeness (QED) is 0.695. The minimum Gasteiger partial charge on any atom is -0.331 e. The second kappa shape index (κ2) is 8.32. The number of benzene rings is 1. The molecule has 0 N–H and O–H groups in total. The third kappa shape index (κ3) is 4.04. The van der Waals surface area contributed by atoms with Crippen LogP contribution in [0.3, 0.4) is 0 Å². The first-order valence-corrected chi connectivity index (χ1v) is 11.3. The summed E-state index contributed by atoms with van der Waals surface area (Å²) in [5.41, 5.74) is 0.662. The summed E-state index contributed by atoms with van der Waals surface area (Å²) in [6.07, 6.45) is 3.57. The van der Waals surface area contributed by atoms with Gasteiger partial charge in [0, 0.05) is 41.9 Å². The summed E-state index contributed by atoms with van der Waals surface area (Å²) < 4.78 is 1.47. The summed E-state index contributed by atoms with van der Waals surface area (Å²) in [7, 11) is 1.56. The molecule has 7 heteroatoms. The Balaban J connectivity index is 1.88. The van der Waals surface area contributed by atoms with Crippen molar-refractivity contribution in [1.29, 1.82) is 0 Å². The summed E-state index contributed by atoms with van der Waals surface area (Å²) in [5, 5.41) is 0.523. The molecule has 6 nitrogen and oxygen atoms in total. The van der Waals surface area contributed by atoms with E-state index in [0.717, 1.165) is 12.8 Å². The summed E-state index contributed by atoms with van der Waals surface area (Å²) in [6, 6.07) is 7.66. The number of amides is 1. The molecule has 1 amide bonds. The predicted molar refractivity (Wildman–Crippen MR) is 123 cm³/mol. The van der Waals surface area contributed by atoms with E-state index in [9.17, 15) is 19.2 Å². The van der Waals surface area contributed by atoms with Crippen LogP contribution in [0.4, 0.5) is 0 Å². The Kier molecular flexibility index (Phi) is 5.84. The van der Waals surface area contributed by atoms with Crippen LogP contribution in [0, 0.1) is 5.41 Å². The van der Waals surface area contributed by atoms with E-state index in [1.807, 2.05) is 13.8 Å². The Hall–Kier alpha value is -2.73. The van der Waals surface area contributed by atoms with Crippen molar-refractivity contribution in [3.63, 3.8) is 0 Å². The van der Waals surface area contributed by atoms with Crippen LogP contribution in [0.5, 0.6) is 0 Å². The number of ketones is 2. The molecule has 0 radical (unpaired) electrons. The number of aromatic nitrogens is 1. The Morgan fingerprint density at radius 2 is 1.78 bits per heavy atom. The number of hydrogen-bond donors (Lipinski definition) is 0. The maximum absolute atomic E-state index is 13.6. The molecule has 2 aliphatic rings. The maximum Gasteiger partial charge on any atom is 0.268 e. The fourth-order valence-electron chi connectivity index (χ4n) is 4.84. The zero-order chi connectivity index (χ0) is 23.2. The molecular weight excluding hydrogens is 428 g/mol. The first-order valence-electron chi connectivity index (χ1n) is 11.0. The van der Waals surface area contributed by atoms with Crippen LogP contribution in [0.1, 0.15) is 72.4 Å². The fraction of sp³-hybridized carbons (Fsp3) is 0.440. The number of Topliss-reactive ketones (excluding diaryl/α,β-unsaturated/α-hetero) is 2. The van der Waals surface area contributed by atoms with E-state index >= 15 is 0 Å². The molecule has 1 saturated carbocycles. The van der Waals surface area contributed by atoms with Gasteiger partial charge in [0.05, 0.1) is 6.04 Å². The van der Waals surface area contributed by atoms with Gasteiger partial charge in [0.2, 0.25) is 0 Å². The summed E-state index contributed by atoms with van der Waals surface area (Å²) in [6.45, 7) is 3.98. The largest absolute Gasteiger partial charge is 0.331 e. The van der Waals surface area contributed by atoms with Crippen LogP contribution in [0.25, 0.3) is 5.69 Å². The second-order valence-electron chi connectivity index (χ2n) is 9.62. The van der Waals surface area contributed by atoms with Gasteiger partial charge in [-0.1, -0.05) is 31.9 Å². The van der Waals surface area contributed by atoms with E-state index < -0.39 is 17.5 Å². The number of fused-ring (bicyclic) bond motifs is 1. The molecule has 1 fully saturated rings. The highest BCUT2D eigenvalue weighted by molar-refractivity contribution is 6.30. The van der Waals surface area contributed by atoms with Gasteiger partial charge in [-0.25, -0.2) is 0 Å². The molecule has 2 aromatic rings. The van der Waals surface area contributed by atoms with Gasteiger partial charge >= 0.3 is 0 Å². The third-order valence-electron chi connectivity index (χ3n) is 6.51. The van der Waals surface area contributed by atoms with Crippen LogP contribution in [0.15, 0.2) is 35.1 Å². The zero-order valence-corrected chi connectivity index (χ0v) is 19.4. The summed E-state index contributed by atoms with van der Waals surface area (Å²) in [4.78, 5) is 53.8. The Morgan fingerprint density at radius 1 is 1.09 bits per heavy atom. The first kappa shape index (κ1) is 22.5. The van der Waals surface area contributed by atoms with E-state index in [1.54, 1.807) is 31.3 Å². The van der Waals surface area contributed by atoms with Gasteiger partial charge in [0.15, 0.2) is 11.6 Å². The highest BCUT2D eigenvalue weighted by atomic mass is 35.5. The average Bonchev–Trinajstić information content (AvgIpc) is 2.73. The topological polar surface area (TPSA) is 76.5 Å². The molecule has 0 aliphatic heterocycles. The normalized spacial score (nSPS) is 20.1. The Bertz CT molecular complexity index is 1160. The monoisotopic (exact) mass is 454 g/mol. The number of halogens is 1. The predicted octanol–water partition coefficient (Wildman–Crippen LogP) is 4.23. The van der Waals surface area contributed by atoms with Crippen molar-refractivity contribution in [3.8, 4) is 5.69 Å². The van der Waals surface area contributed by atoms with Crippen molar-refractivity contribution in [2.45, 2.75) is 58.4 Å². The molecule has 1 atom stereocenters. The molecule has 0 saturated heterocycles. The van der Waals surface area contributed by atoms with Gasteiger partial charge in [0.1, 0.15) is 5.56 Å². The molecule has 1 aromatic carbocycles. The lowest BCUT2D eigenvalue weighted by Crippen LogP contribution is -2.46. The van der Waals surface area contributed by atoms with Crippen LogP contribution < -0.4 is 5.56 Å². The molecule has 1 aromatic heterocycles. The van der Waals surface area contributed by atoms with E-state index in [-0.39, 0.29) is 22.5 Å². The standard InChI is InChI=1S/C25H27ClN2O4/c1-25(2)13-20-17(22(30)14-25)12-18(23(31)27(3)19-6-4-5-7-21(19)29)24(32)28(20)16-10-8-15(26)9-11-16/h8-12,19H,4-7,13-14H2,1-3H3. The van der Waals surface area contributed by atoms with Crippen molar-refractivity contribution in [2.75, 3.05) is 7.05 Å². The molecule has 168 valence electrons. The van der Waals surface area contributed by atoms with E-state index in [0.29, 0.717) is 47.7 Å². The van der Waals surface area contributed by atoms with Crippen molar-refractivity contribution < 1.29 is 14.4 Å². The zero-order valence-electron chi connectivity index (χ0n) is 18.6. The minimum atomic E-state index is -0.537. The molecule has 1 heterocycles. The van der Waals surface area contributed by atoms with E-state index in [2.05, 4.69) is 0 Å². The number of likely N-dealkylation sites (N-methyl/N-ethyl adjacent to an activating group) is 1. The van der Waals surface area contributed by atoms with Crippen molar-refractivity contribution in [1.82, 2.24) is 9.47 Å². The Morgan fingerprint density at radius 3 is 2.44 bits per heavy atom. The van der Waals surface area contributed by atoms with Crippen molar-refractivity contribution >= 4 is 29.1 Å². The minimum absolute atomic E-state index is 0.0147. The number of carbonyl (C=O) groups excluding carboxylic acids is 3. The van der Waals surface area contributed by atoms with Gasteiger partial charge in [-0.05, 0) is 55.0 Å². The lowest BCUT2D eigenvalue weighted by molar-refractivity contribution is -0.124.